The van der Waals surface area contributed by atoms with Gasteiger partial charge in [0.25, 0.3) is 0 Å². The van der Waals surface area contributed by atoms with Crippen molar-refractivity contribution in [3.8, 4) is 0 Å². The average Bonchev–Trinajstić information content (AvgIpc) is 3.14. The molecule has 0 fully saturated rings. The maximum Gasteiger partial charge on any atom is 0.154 e. The van der Waals surface area contributed by atoms with Crippen LogP contribution >= 0.6 is 0 Å². The molecule has 0 radical (unpaired) electrons. The molecule has 2 aromatic carbocycles. The summed E-state index contributed by atoms with van der Waals surface area (Å²) in [7, 11) is 0. The number of nitrogens with zero attached hydrogens (tertiary/aromatic N) is 2. The van der Waals surface area contributed by atoms with E-state index in [0.29, 0.717) is 0 Å². The Morgan fingerprint density at radius 1 is 1.05 bits per heavy atom. The van der Waals surface area contributed by atoms with E-state index in [-0.39, 0.29) is 11.9 Å². The highest BCUT2D eigenvalue weighted by molar-refractivity contribution is 6.01. The van der Waals surface area contributed by atoms with E-state index in [0.717, 1.165) is 34.6 Å². The molecule has 1 aromatic heterocycles. The molecule has 0 saturated heterocycles. The minimum atomic E-state index is -0.227. The van der Waals surface area contributed by atoms with Gasteiger partial charge in [0.2, 0.25) is 0 Å². The van der Waals surface area contributed by atoms with Crippen molar-refractivity contribution in [3.05, 3.63) is 65.7 Å². The van der Waals surface area contributed by atoms with Crippen LogP contribution in [0.3, 0.4) is 0 Å². The first-order valence-electron chi connectivity index (χ1n) is 6.82. The number of para-hydroxylation sites is 2. The topological polar surface area (TPSA) is 53.1 Å². The molecule has 2 heterocycles. The van der Waals surface area contributed by atoms with Crippen LogP contribution in [0, 0.1) is 5.82 Å². The predicted octanol–water partition coefficient (Wildman–Crippen LogP) is 3.14. The SMILES string of the molecule is Fc1ccc(C2CC(c3nc4ccccc4[nH]3)=NN2)cc1. The van der Waals surface area contributed by atoms with Gasteiger partial charge >= 0.3 is 0 Å². The summed E-state index contributed by atoms with van der Waals surface area (Å²) in [5.41, 5.74) is 6.93. The Bertz CT molecular complexity index is 787. The summed E-state index contributed by atoms with van der Waals surface area (Å²) < 4.78 is 13.0. The van der Waals surface area contributed by atoms with Gasteiger partial charge in [-0.15, -0.1) is 0 Å². The maximum absolute atomic E-state index is 13.0. The molecule has 2 N–H and O–H groups in total. The molecule has 0 bridgehead atoms. The molecule has 5 heteroatoms. The Morgan fingerprint density at radius 2 is 1.86 bits per heavy atom. The van der Waals surface area contributed by atoms with E-state index in [1.54, 1.807) is 12.1 Å². The maximum atomic E-state index is 13.0. The Hall–Kier alpha value is -2.69. The standard InChI is InChI=1S/C16H13FN4/c17-11-7-5-10(6-8-11)14-9-15(21-20-14)16-18-12-3-1-2-4-13(12)19-16/h1-8,14,20H,9H2,(H,18,19). The van der Waals surface area contributed by atoms with Gasteiger partial charge in [-0.25, -0.2) is 9.37 Å². The molecule has 0 spiro atoms. The van der Waals surface area contributed by atoms with Gasteiger partial charge in [0.05, 0.1) is 17.1 Å². The minimum absolute atomic E-state index is 0.0637. The number of fused-ring (bicyclic) bond motifs is 1. The fourth-order valence-electron chi connectivity index (χ4n) is 2.57. The number of halogens is 1. The van der Waals surface area contributed by atoms with Gasteiger partial charge in [0.1, 0.15) is 11.5 Å². The molecule has 0 saturated carbocycles. The number of hydrogen-bond acceptors (Lipinski definition) is 3. The third-order valence-electron chi connectivity index (χ3n) is 3.69. The highest BCUT2D eigenvalue weighted by atomic mass is 19.1. The van der Waals surface area contributed by atoms with Gasteiger partial charge in [-0.1, -0.05) is 24.3 Å². The Balaban J connectivity index is 1.59. The van der Waals surface area contributed by atoms with Gasteiger partial charge in [-0.05, 0) is 29.8 Å². The molecular formula is C16H13FN4. The quantitative estimate of drug-likeness (QED) is 0.757. The van der Waals surface area contributed by atoms with Crippen LogP contribution in [0.2, 0.25) is 0 Å². The van der Waals surface area contributed by atoms with Gasteiger partial charge < -0.3 is 10.4 Å². The zero-order valence-electron chi connectivity index (χ0n) is 11.2. The summed E-state index contributed by atoms with van der Waals surface area (Å²) in [5.74, 6) is 0.559. The normalized spacial score (nSPS) is 17.8. The molecule has 0 amide bonds. The first kappa shape index (κ1) is 12.1. The summed E-state index contributed by atoms with van der Waals surface area (Å²) in [4.78, 5) is 7.83. The third-order valence-corrected chi connectivity index (χ3v) is 3.69. The lowest BCUT2D eigenvalue weighted by atomic mass is 10.0. The van der Waals surface area contributed by atoms with Crippen LogP contribution < -0.4 is 5.43 Å². The number of benzene rings is 2. The first-order valence-corrected chi connectivity index (χ1v) is 6.82. The van der Waals surface area contributed by atoms with Crippen LogP contribution in [-0.2, 0) is 0 Å². The Kier molecular flexibility index (Phi) is 2.70. The number of nitrogens with one attached hydrogen (secondary N) is 2. The summed E-state index contributed by atoms with van der Waals surface area (Å²) >= 11 is 0. The van der Waals surface area contributed by atoms with Crippen LogP contribution in [0.1, 0.15) is 23.9 Å². The molecular weight excluding hydrogens is 267 g/mol. The van der Waals surface area contributed by atoms with Crippen molar-refractivity contribution in [2.75, 3.05) is 0 Å². The van der Waals surface area contributed by atoms with E-state index in [4.69, 9.17) is 0 Å². The molecule has 104 valence electrons. The second-order valence-electron chi connectivity index (χ2n) is 5.10. The van der Waals surface area contributed by atoms with E-state index < -0.39 is 0 Å². The summed E-state index contributed by atoms with van der Waals surface area (Å²) in [6, 6.07) is 14.5. The first-order chi connectivity index (χ1) is 10.3. The molecule has 4 nitrogen and oxygen atoms in total. The van der Waals surface area contributed by atoms with Crippen molar-refractivity contribution in [1.82, 2.24) is 15.4 Å². The van der Waals surface area contributed by atoms with Crippen molar-refractivity contribution in [1.29, 1.82) is 0 Å². The molecule has 3 aromatic rings. The number of aromatic nitrogens is 2. The number of hydrogen-bond donors (Lipinski definition) is 2. The van der Waals surface area contributed by atoms with E-state index in [9.17, 15) is 4.39 Å². The van der Waals surface area contributed by atoms with Crippen LogP contribution in [-0.4, -0.2) is 15.7 Å². The number of hydrazone groups is 1. The van der Waals surface area contributed by atoms with Crippen molar-refractivity contribution in [2.45, 2.75) is 12.5 Å². The van der Waals surface area contributed by atoms with Crippen molar-refractivity contribution in [2.24, 2.45) is 5.10 Å². The lowest BCUT2D eigenvalue weighted by molar-refractivity contribution is 0.607. The molecule has 0 aliphatic carbocycles. The smallest absolute Gasteiger partial charge is 0.154 e. The number of rotatable bonds is 2. The fourth-order valence-corrected chi connectivity index (χ4v) is 2.57. The van der Waals surface area contributed by atoms with E-state index >= 15 is 0 Å². The highest BCUT2D eigenvalue weighted by Crippen LogP contribution is 2.24. The van der Waals surface area contributed by atoms with Crippen molar-refractivity contribution >= 4 is 16.7 Å². The molecule has 1 aliphatic heterocycles. The lowest BCUT2D eigenvalue weighted by Crippen LogP contribution is -2.10. The number of H-pyrrole nitrogens is 1. The van der Waals surface area contributed by atoms with Crippen molar-refractivity contribution < 1.29 is 4.39 Å². The van der Waals surface area contributed by atoms with Gasteiger partial charge in [0.15, 0.2) is 5.82 Å². The average molecular weight is 280 g/mol. The highest BCUT2D eigenvalue weighted by Gasteiger charge is 2.23. The second kappa shape index (κ2) is 4.70. The third kappa shape index (κ3) is 2.16. The number of aromatic amines is 1. The Labute approximate surface area is 120 Å². The van der Waals surface area contributed by atoms with Crippen LogP contribution in [0.4, 0.5) is 4.39 Å². The van der Waals surface area contributed by atoms with E-state index in [1.165, 1.54) is 12.1 Å². The molecule has 1 atom stereocenters. The second-order valence-corrected chi connectivity index (χ2v) is 5.10. The van der Waals surface area contributed by atoms with Crippen LogP contribution in [0.25, 0.3) is 11.0 Å². The predicted molar refractivity (Wildman–Crippen MR) is 79.5 cm³/mol. The molecule has 21 heavy (non-hydrogen) atoms. The minimum Gasteiger partial charge on any atom is -0.337 e. The monoisotopic (exact) mass is 280 g/mol. The van der Waals surface area contributed by atoms with Crippen LogP contribution in [0.5, 0.6) is 0 Å². The van der Waals surface area contributed by atoms with Gasteiger partial charge in [-0.2, -0.15) is 5.10 Å². The van der Waals surface area contributed by atoms with E-state index in [1.807, 2.05) is 24.3 Å². The summed E-state index contributed by atoms with van der Waals surface area (Å²) in [6.45, 7) is 0. The van der Waals surface area contributed by atoms with Crippen molar-refractivity contribution in [3.63, 3.8) is 0 Å². The fraction of sp³-hybridized carbons (Fsp3) is 0.125. The number of imidazole rings is 1. The zero-order valence-corrected chi connectivity index (χ0v) is 11.2. The molecule has 4 rings (SSSR count). The van der Waals surface area contributed by atoms with Gasteiger partial charge in [-0.3, -0.25) is 0 Å². The zero-order chi connectivity index (χ0) is 14.2. The summed E-state index contributed by atoms with van der Waals surface area (Å²) in [5, 5.41) is 4.36. The van der Waals surface area contributed by atoms with E-state index in [2.05, 4.69) is 20.5 Å². The Morgan fingerprint density at radius 3 is 2.67 bits per heavy atom. The van der Waals surface area contributed by atoms with Crippen LogP contribution in [0.15, 0.2) is 53.6 Å². The molecule has 1 unspecified atom stereocenters. The summed E-state index contributed by atoms with van der Waals surface area (Å²) in [6.07, 6.45) is 0.728. The van der Waals surface area contributed by atoms with Gasteiger partial charge in [0, 0.05) is 6.42 Å². The largest absolute Gasteiger partial charge is 0.337 e. The lowest BCUT2D eigenvalue weighted by Gasteiger charge is -2.09. The molecule has 1 aliphatic rings.